The number of carbonyl (C=O) groups is 1. The summed E-state index contributed by atoms with van der Waals surface area (Å²) in [4.78, 5) is 10.5. The van der Waals surface area contributed by atoms with Gasteiger partial charge in [-0.05, 0) is 6.92 Å². The first-order valence-corrected chi connectivity index (χ1v) is 5.66. The summed E-state index contributed by atoms with van der Waals surface area (Å²) in [7, 11) is -3.10. The van der Waals surface area contributed by atoms with Crippen molar-refractivity contribution in [3.8, 4) is 0 Å². The Balaban J connectivity index is 2.67. The van der Waals surface area contributed by atoms with Crippen molar-refractivity contribution in [1.82, 2.24) is 0 Å². The summed E-state index contributed by atoms with van der Waals surface area (Å²) in [6.07, 6.45) is 1.66. The van der Waals surface area contributed by atoms with Crippen molar-refractivity contribution in [1.29, 1.82) is 0 Å². The van der Waals surface area contributed by atoms with Crippen molar-refractivity contribution in [2.24, 2.45) is 0 Å². The number of hydrogen-bond acceptors (Lipinski definition) is 4. The zero-order valence-electron chi connectivity index (χ0n) is 7.61. The highest BCUT2D eigenvalue weighted by Crippen LogP contribution is 2.20. The minimum atomic E-state index is -3.10. The molecule has 0 bridgehead atoms. The molecule has 0 N–H and O–H groups in total. The molecule has 0 aromatic rings. The summed E-state index contributed by atoms with van der Waals surface area (Å²) >= 11 is 0. The van der Waals surface area contributed by atoms with Crippen LogP contribution in [0.1, 0.15) is 13.8 Å². The van der Waals surface area contributed by atoms with E-state index in [2.05, 4.69) is 4.74 Å². The third-order valence-electron chi connectivity index (χ3n) is 2.02. The molecule has 1 heterocycles. The minimum Gasteiger partial charge on any atom is -0.464 e. The number of hydrogen-bond donors (Lipinski definition) is 0. The summed E-state index contributed by atoms with van der Waals surface area (Å²) in [5.74, 6) is -0.389. The quantitative estimate of drug-likeness (QED) is 0.479. The fourth-order valence-electron chi connectivity index (χ4n) is 1.21. The molecule has 0 radical (unpaired) electrons. The molecule has 0 spiro atoms. The molecule has 74 valence electrons. The Kier molecular flexibility index (Phi) is 2.75. The van der Waals surface area contributed by atoms with Gasteiger partial charge in [-0.15, -0.1) is 0 Å². The van der Waals surface area contributed by atoms with Gasteiger partial charge in [0.05, 0.1) is 5.75 Å². The Morgan fingerprint density at radius 1 is 1.69 bits per heavy atom. The van der Waals surface area contributed by atoms with E-state index in [0.717, 1.165) is 5.57 Å². The molecule has 0 amide bonds. The van der Waals surface area contributed by atoms with E-state index in [1.807, 2.05) is 0 Å². The fourth-order valence-corrected chi connectivity index (χ4v) is 2.87. The monoisotopic (exact) mass is 204 g/mol. The molecule has 1 aliphatic rings. The lowest BCUT2D eigenvalue weighted by Crippen LogP contribution is -2.25. The molecule has 1 atom stereocenters. The van der Waals surface area contributed by atoms with E-state index in [4.69, 9.17) is 0 Å². The normalized spacial score (nSPS) is 25.4. The number of rotatable bonds is 2. The van der Waals surface area contributed by atoms with Crippen LogP contribution in [-0.4, -0.2) is 32.0 Å². The molecule has 0 saturated heterocycles. The van der Waals surface area contributed by atoms with Crippen LogP contribution in [0.5, 0.6) is 0 Å². The maximum Gasteiger partial charge on any atom is 0.302 e. The predicted octanol–water partition coefficient (Wildman–Crippen LogP) is 0.293. The van der Waals surface area contributed by atoms with Crippen LogP contribution >= 0.6 is 0 Å². The lowest BCUT2D eigenvalue weighted by Gasteiger charge is -2.10. The summed E-state index contributed by atoms with van der Waals surface area (Å²) in [5.41, 5.74) is 0.765. The van der Waals surface area contributed by atoms with Crippen LogP contribution in [0.2, 0.25) is 0 Å². The summed E-state index contributed by atoms with van der Waals surface area (Å²) in [5, 5.41) is -0.628. The number of sulfone groups is 1. The fraction of sp³-hybridized carbons (Fsp3) is 0.625. The van der Waals surface area contributed by atoms with E-state index < -0.39 is 21.1 Å². The molecule has 0 aromatic carbocycles. The molecule has 0 fully saturated rings. The Morgan fingerprint density at radius 3 is 2.69 bits per heavy atom. The first-order chi connectivity index (χ1) is 5.93. The van der Waals surface area contributed by atoms with Crippen LogP contribution in [0.15, 0.2) is 11.6 Å². The van der Waals surface area contributed by atoms with Crippen molar-refractivity contribution in [2.45, 2.75) is 19.1 Å². The van der Waals surface area contributed by atoms with E-state index in [9.17, 15) is 13.2 Å². The van der Waals surface area contributed by atoms with Gasteiger partial charge in [0, 0.05) is 6.92 Å². The molecule has 1 rings (SSSR count). The van der Waals surface area contributed by atoms with Crippen LogP contribution < -0.4 is 0 Å². The highest BCUT2D eigenvalue weighted by molar-refractivity contribution is 7.92. The first kappa shape index (κ1) is 10.2. The first-order valence-electron chi connectivity index (χ1n) is 3.95. The Labute approximate surface area is 77.5 Å². The molecule has 1 unspecified atom stereocenters. The Morgan fingerprint density at radius 2 is 2.31 bits per heavy atom. The second-order valence-corrected chi connectivity index (χ2v) is 5.30. The maximum atomic E-state index is 11.3. The lowest BCUT2D eigenvalue weighted by molar-refractivity contribution is -0.140. The third kappa shape index (κ3) is 2.30. The SMILES string of the molecule is CC(=O)OCC1C(C)=CCS1(=O)=O. The van der Waals surface area contributed by atoms with Gasteiger partial charge in [-0.2, -0.15) is 0 Å². The predicted molar refractivity (Wildman–Crippen MR) is 48.0 cm³/mol. The van der Waals surface area contributed by atoms with Crippen LogP contribution in [0, 0.1) is 0 Å². The highest BCUT2D eigenvalue weighted by Gasteiger charge is 2.32. The molecule has 0 aromatic heterocycles. The molecule has 5 heteroatoms. The maximum absolute atomic E-state index is 11.3. The van der Waals surface area contributed by atoms with Crippen LogP contribution in [0.3, 0.4) is 0 Å². The van der Waals surface area contributed by atoms with E-state index >= 15 is 0 Å². The average Bonchev–Trinajstić information content (AvgIpc) is 2.23. The number of esters is 1. The molecule has 13 heavy (non-hydrogen) atoms. The number of ether oxygens (including phenoxy) is 1. The van der Waals surface area contributed by atoms with Crippen molar-refractivity contribution in [3.05, 3.63) is 11.6 Å². The van der Waals surface area contributed by atoms with E-state index in [-0.39, 0.29) is 12.4 Å². The van der Waals surface area contributed by atoms with E-state index in [0.29, 0.717) is 0 Å². The van der Waals surface area contributed by atoms with Gasteiger partial charge in [0.25, 0.3) is 0 Å². The second kappa shape index (κ2) is 3.49. The van der Waals surface area contributed by atoms with Gasteiger partial charge in [-0.1, -0.05) is 11.6 Å². The van der Waals surface area contributed by atoms with Gasteiger partial charge in [-0.25, -0.2) is 8.42 Å². The molecular weight excluding hydrogens is 192 g/mol. The zero-order valence-corrected chi connectivity index (χ0v) is 8.43. The Hall–Kier alpha value is -0.840. The molecule has 0 saturated carbocycles. The van der Waals surface area contributed by atoms with Gasteiger partial charge in [-0.3, -0.25) is 4.79 Å². The van der Waals surface area contributed by atoms with Gasteiger partial charge in [0.15, 0.2) is 9.84 Å². The van der Waals surface area contributed by atoms with Gasteiger partial charge < -0.3 is 4.74 Å². The Bertz CT molecular complexity index is 339. The van der Waals surface area contributed by atoms with Crippen molar-refractivity contribution >= 4 is 15.8 Å². The van der Waals surface area contributed by atoms with Crippen molar-refractivity contribution in [3.63, 3.8) is 0 Å². The van der Waals surface area contributed by atoms with Gasteiger partial charge in [0.1, 0.15) is 11.9 Å². The van der Waals surface area contributed by atoms with E-state index in [1.165, 1.54) is 6.92 Å². The zero-order chi connectivity index (χ0) is 10.1. The third-order valence-corrected chi connectivity index (χ3v) is 4.02. The largest absolute Gasteiger partial charge is 0.464 e. The highest BCUT2D eigenvalue weighted by atomic mass is 32.2. The molecule has 0 aliphatic carbocycles. The average molecular weight is 204 g/mol. The van der Waals surface area contributed by atoms with Crippen LogP contribution in [-0.2, 0) is 19.4 Å². The van der Waals surface area contributed by atoms with Crippen LogP contribution in [0.25, 0.3) is 0 Å². The van der Waals surface area contributed by atoms with Gasteiger partial charge in [0.2, 0.25) is 0 Å². The smallest absolute Gasteiger partial charge is 0.302 e. The second-order valence-electron chi connectivity index (χ2n) is 3.07. The standard InChI is InChI=1S/C8H12O4S/c1-6-3-4-13(10,11)8(6)5-12-7(2)9/h3,8H,4-5H2,1-2H3. The molecular formula is C8H12O4S. The number of carbonyl (C=O) groups excluding carboxylic acids is 1. The summed E-state index contributed by atoms with van der Waals surface area (Å²) < 4.78 is 27.4. The topological polar surface area (TPSA) is 60.4 Å². The van der Waals surface area contributed by atoms with Crippen LogP contribution in [0.4, 0.5) is 0 Å². The van der Waals surface area contributed by atoms with Crippen molar-refractivity contribution < 1.29 is 17.9 Å². The van der Waals surface area contributed by atoms with Gasteiger partial charge >= 0.3 is 5.97 Å². The van der Waals surface area contributed by atoms with Crippen molar-refractivity contribution in [2.75, 3.05) is 12.4 Å². The summed E-state index contributed by atoms with van der Waals surface area (Å²) in [6, 6.07) is 0. The minimum absolute atomic E-state index is 0.0556. The molecule has 1 aliphatic heterocycles. The molecule has 4 nitrogen and oxygen atoms in total. The summed E-state index contributed by atoms with van der Waals surface area (Å²) in [6.45, 7) is 2.94. The lowest BCUT2D eigenvalue weighted by atomic mass is 10.2. The van der Waals surface area contributed by atoms with E-state index in [1.54, 1.807) is 13.0 Å².